The predicted molar refractivity (Wildman–Crippen MR) is 74.6 cm³/mol. The molecule has 0 bridgehead atoms. The van der Waals surface area contributed by atoms with E-state index in [-0.39, 0.29) is 5.15 Å². The minimum Gasteiger partial charge on any atom is -0.226 e. The van der Waals surface area contributed by atoms with Gasteiger partial charge in [0, 0.05) is 4.90 Å². The maximum absolute atomic E-state index is 6.06. The number of halogens is 3. The lowest BCUT2D eigenvalue weighted by Gasteiger charge is -2.05. The molecule has 0 atom stereocenters. The zero-order chi connectivity index (χ0) is 12.4. The highest BCUT2D eigenvalue weighted by Crippen LogP contribution is 2.35. The summed E-state index contributed by atoms with van der Waals surface area (Å²) in [6, 6.07) is 9.69. The van der Waals surface area contributed by atoms with Gasteiger partial charge in [-0.1, -0.05) is 64.3 Å². The second kappa shape index (κ2) is 5.49. The number of hydrogen-bond donors (Lipinski definition) is 0. The minimum absolute atomic E-state index is 0.270. The van der Waals surface area contributed by atoms with Crippen LogP contribution in [0.25, 0.3) is 0 Å². The Labute approximate surface area is 119 Å². The average Bonchev–Trinajstić information content (AvgIpc) is 2.26. The van der Waals surface area contributed by atoms with Crippen LogP contribution in [-0.2, 0) is 0 Å². The third-order valence-corrected chi connectivity index (χ3v) is 4.13. The van der Waals surface area contributed by atoms with Gasteiger partial charge in [-0.2, -0.15) is 0 Å². The largest absolute Gasteiger partial charge is 0.226 e. The molecule has 0 spiro atoms. The summed E-state index contributed by atoms with van der Waals surface area (Å²) < 4.78 is 0. The molecule has 0 saturated carbocycles. The highest BCUT2D eigenvalue weighted by Gasteiger charge is 2.09. The van der Waals surface area contributed by atoms with E-state index in [2.05, 4.69) is 11.1 Å². The minimum atomic E-state index is 0.270. The molecule has 0 aliphatic heterocycles. The number of aromatic nitrogens is 1. The van der Waals surface area contributed by atoms with Crippen molar-refractivity contribution in [3.8, 4) is 0 Å². The molecule has 1 heterocycles. The second-order valence-corrected chi connectivity index (χ2v) is 5.70. The highest BCUT2D eigenvalue weighted by molar-refractivity contribution is 7.99. The average molecular weight is 305 g/mol. The molecule has 0 aliphatic rings. The van der Waals surface area contributed by atoms with Crippen molar-refractivity contribution < 1.29 is 0 Å². The molecule has 88 valence electrons. The van der Waals surface area contributed by atoms with Crippen LogP contribution in [0, 0.1) is 6.92 Å². The monoisotopic (exact) mass is 303 g/mol. The summed E-state index contributed by atoms with van der Waals surface area (Å²) in [5.41, 5.74) is 1.19. The van der Waals surface area contributed by atoms with Crippen molar-refractivity contribution in [2.75, 3.05) is 0 Å². The number of hydrogen-bond acceptors (Lipinski definition) is 2. The van der Waals surface area contributed by atoms with E-state index >= 15 is 0 Å². The first-order chi connectivity index (χ1) is 8.06. The summed E-state index contributed by atoms with van der Waals surface area (Å²) in [6.45, 7) is 2.04. The number of aryl methyl sites for hydroxylation is 1. The third-order valence-electron chi connectivity index (χ3n) is 2.06. The van der Waals surface area contributed by atoms with Crippen molar-refractivity contribution in [1.82, 2.24) is 4.98 Å². The topological polar surface area (TPSA) is 12.9 Å². The molecule has 0 N–H and O–H groups in total. The molecule has 17 heavy (non-hydrogen) atoms. The molecule has 5 heteroatoms. The number of nitrogens with zero attached hydrogens (tertiary/aromatic N) is 1. The van der Waals surface area contributed by atoms with Crippen LogP contribution < -0.4 is 0 Å². The van der Waals surface area contributed by atoms with Crippen molar-refractivity contribution in [3.05, 3.63) is 51.1 Å². The van der Waals surface area contributed by atoms with E-state index in [1.807, 2.05) is 25.1 Å². The van der Waals surface area contributed by atoms with Gasteiger partial charge in [-0.25, -0.2) is 4.98 Å². The van der Waals surface area contributed by atoms with Crippen molar-refractivity contribution >= 4 is 46.6 Å². The summed E-state index contributed by atoms with van der Waals surface area (Å²) in [7, 11) is 0. The second-order valence-electron chi connectivity index (χ2n) is 3.47. The number of rotatable bonds is 2. The molecular formula is C12H8Cl3NS. The van der Waals surface area contributed by atoms with Gasteiger partial charge in [0.15, 0.2) is 0 Å². The van der Waals surface area contributed by atoms with Gasteiger partial charge in [0.2, 0.25) is 0 Å². The van der Waals surface area contributed by atoms with Gasteiger partial charge in [-0.05, 0) is 25.1 Å². The van der Waals surface area contributed by atoms with E-state index in [4.69, 9.17) is 34.8 Å². The Hall–Kier alpha value is -0.410. The lowest BCUT2D eigenvalue weighted by atomic mass is 10.2. The first kappa shape index (κ1) is 13.0. The van der Waals surface area contributed by atoms with E-state index in [1.54, 1.807) is 6.07 Å². The third kappa shape index (κ3) is 3.29. The normalized spacial score (nSPS) is 10.6. The Bertz CT molecular complexity index is 557. The zero-order valence-corrected chi connectivity index (χ0v) is 12.0. The molecular weight excluding hydrogens is 297 g/mol. The summed E-state index contributed by atoms with van der Waals surface area (Å²) >= 11 is 19.2. The van der Waals surface area contributed by atoms with Crippen LogP contribution in [0.1, 0.15) is 5.56 Å². The molecule has 1 aromatic heterocycles. The fourth-order valence-electron chi connectivity index (χ4n) is 1.29. The standard InChI is InChI=1S/C12H8Cl3NS/c1-7-3-2-4-8(5-7)17-12-10(14)6-9(13)11(15)16-12/h2-6H,1H3. The van der Waals surface area contributed by atoms with Gasteiger partial charge in [0.1, 0.15) is 10.2 Å². The lowest BCUT2D eigenvalue weighted by Crippen LogP contribution is -1.85. The van der Waals surface area contributed by atoms with E-state index < -0.39 is 0 Å². The predicted octanol–water partition coefficient (Wildman–Crippen LogP) is 5.50. The van der Waals surface area contributed by atoms with Crippen LogP contribution in [-0.4, -0.2) is 4.98 Å². The van der Waals surface area contributed by atoms with E-state index in [1.165, 1.54) is 17.3 Å². The van der Waals surface area contributed by atoms with Crippen molar-refractivity contribution in [3.63, 3.8) is 0 Å². The fourth-order valence-corrected chi connectivity index (χ4v) is 2.86. The lowest BCUT2D eigenvalue weighted by molar-refractivity contribution is 1.13. The Morgan fingerprint density at radius 1 is 1.06 bits per heavy atom. The first-order valence-corrected chi connectivity index (χ1v) is 6.77. The van der Waals surface area contributed by atoms with Crippen LogP contribution in [0.3, 0.4) is 0 Å². The van der Waals surface area contributed by atoms with Gasteiger partial charge in [0.05, 0.1) is 10.0 Å². The van der Waals surface area contributed by atoms with Gasteiger partial charge in [-0.3, -0.25) is 0 Å². The molecule has 0 saturated heterocycles. The summed E-state index contributed by atoms with van der Waals surface area (Å²) in [5.74, 6) is 0. The van der Waals surface area contributed by atoms with Gasteiger partial charge in [0.25, 0.3) is 0 Å². The first-order valence-electron chi connectivity index (χ1n) is 4.82. The van der Waals surface area contributed by atoms with Crippen molar-refractivity contribution in [2.45, 2.75) is 16.8 Å². The molecule has 2 rings (SSSR count). The van der Waals surface area contributed by atoms with Crippen LogP contribution in [0.4, 0.5) is 0 Å². The maximum Gasteiger partial charge on any atom is 0.149 e. The molecule has 2 aromatic rings. The Morgan fingerprint density at radius 3 is 2.53 bits per heavy atom. The van der Waals surface area contributed by atoms with Crippen LogP contribution >= 0.6 is 46.6 Å². The molecule has 0 aliphatic carbocycles. The molecule has 1 nitrogen and oxygen atoms in total. The van der Waals surface area contributed by atoms with Crippen LogP contribution in [0.5, 0.6) is 0 Å². The summed E-state index contributed by atoms with van der Waals surface area (Å²) in [6.07, 6.45) is 0. The maximum atomic E-state index is 6.06. The molecule has 0 radical (unpaired) electrons. The molecule has 1 aromatic carbocycles. The van der Waals surface area contributed by atoms with E-state index in [9.17, 15) is 0 Å². The highest BCUT2D eigenvalue weighted by atomic mass is 35.5. The number of pyridine rings is 1. The van der Waals surface area contributed by atoms with Gasteiger partial charge < -0.3 is 0 Å². The fraction of sp³-hybridized carbons (Fsp3) is 0.0833. The molecule has 0 amide bonds. The zero-order valence-electron chi connectivity index (χ0n) is 8.88. The van der Waals surface area contributed by atoms with Crippen molar-refractivity contribution in [2.24, 2.45) is 0 Å². The van der Waals surface area contributed by atoms with Crippen LogP contribution in [0.15, 0.2) is 40.3 Å². The Morgan fingerprint density at radius 2 is 1.82 bits per heavy atom. The Balaban J connectivity index is 2.33. The number of benzene rings is 1. The SMILES string of the molecule is Cc1cccc(Sc2nc(Cl)c(Cl)cc2Cl)c1. The molecule has 0 unspecified atom stereocenters. The van der Waals surface area contributed by atoms with Crippen LogP contribution in [0.2, 0.25) is 15.2 Å². The van der Waals surface area contributed by atoms with E-state index in [0.29, 0.717) is 15.1 Å². The van der Waals surface area contributed by atoms with Gasteiger partial charge in [-0.15, -0.1) is 0 Å². The van der Waals surface area contributed by atoms with Gasteiger partial charge >= 0.3 is 0 Å². The summed E-state index contributed by atoms with van der Waals surface area (Å²) in [4.78, 5) is 5.23. The van der Waals surface area contributed by atoms with Crippen molar-refractivity contribution in [1.29, 1.82) is 0 Å². The Kier molecular flexibility index (Phi) is 4.21. The van der Waals surface area contributed by atoms with E-state index in [0.717, 1.165) is 4.90 Å². The molecule has 0 fully saturated rings. The smallest absolute Gasteiger partial charge is 0.149 e. The summed E-state index contributed by atoms with van der Waals surface area (Å²) in [5, 5.41) is 1.80. The quantitative estimate of drug-likeness (QED) is 0.679.